The van der Waals surface area contributed by atoms with Crippen LogP contribution in [0.1, 0.15) is 23.7 Å². The van der Waals surface area contributed by atoms with Crippen molar-refractivity contribution in [3.8, 4) is 0 Å². The molecule has 0 spiro atoms. The van der Waals surface area contributed by atoms with Crippen LogP contribution < -0.4 is 5.73 Å². The van der Waals surface area contributed by atoms with Crippen molar-refractivity contribution in [3.63, 3.8) is 0 Å². The average molecular weight is 376 g/mol. The first-order valence-electron chi connectivity index (χ1n) is 5.99. The van der Waals surface area contributed by atoms with Crippen molar-refractivity contribution in [2.24, 2.45) is 11.7 Å². The fourth-order valence-corrected chi connectivity index (χ4v) is 3.40. The van der Waals surface area contributed by atoms with Gasteiger partial charge in [-0.2, -0.15) is 0 Å². The van der Waals surface area contributed by atoms with Crippen molar-refractivity contribution in [2.75, 3.05) is 13.1 Å². The predicted molar refractivity (Wildman–Crippen MR) is 79.5 cm³/mol. The number of piperidine rings is 1. The van der Waals surface area contributed by atoms with Gasteiger partial charge in [0, 0.05) is 28.1 Å². The zero-order valence-electron chi connectivity index (χ0n) is 10.2. The van der Waals surface area contributed by atoms with Crippen molar-refractivity contribution in [2.45, 2.75) is 19.4 Å². The normalized spacial score (nSPS) is 24.1. The number of nitrogens with two attached hydrogens (primary N) is 1. The van der Waals surface area contributed by atoms with Gasteiger partial charge >= 0.3 is 0 Å². The zero-order chi connectivity index (χ0) is 13.3. The summed E-state index contributed by atoms with van der Waals surface area (Å²) in [6.07, 6.45) is 0.876. The number of hydrogen-bond acceptors (Lipinski definition) is 2. The fourth-order valence-electron chi connectivity index (χ4n) is 2.18. The predicted octanol–water partition coefficient (Wildman–Crippen LogP) is 3.02. The number of amides is 1. The van der Waals surface area contributed by atoms with Crippen LogP contribution in [0, 0.1) is 5.92 Å². The molecule has 1 fully saturated rings. The molecular weight excluding hydrogens is 360 g/mol. The lowest BCUT2D eigenvalue weighted by Crippen LogP contribution is -2.48. The molecule has 0 radical (unpaired) electrons. The minimum Gasteiger partial charge on any atom is -0.338 e. The summed E-state index contributed by atoms with van der Waals surface area (Å²) in [5.74, 6) is 0.435. The Balaban J connectivity index is 2.16. The highest BCUT2D eigenvalue weighted by atomic mass is 79.9. The third-order valence-electron chi connectivity index (χ3n) is 3.42. The molecule has 1 saturated heterocycles. The van der Waals surface area contributed by atoms with E-state index in [4.69, 9.17) is 5.73 Å². The summed E-state index contributed by atoms with van der Waals surface area (Å²) in [5, 5.41) is 0. The van der Waals surface area contributed by atoms with E-state index in [0.717, 1.165) is 28.5 Å². The van der Waals surface area contributed by atoms with Gasteiger partial charge in [-0.1, -0.05) is 22.9 Å². The van der Waals surface area contributed by atoms with E-state index in [2.05, 4.69) is 38.8 Å². The van der Waals surface area contributed by atoms with Crippen LogP contribution in [0.3, 0.4) is 0 Å². The zero-order valence-corrected chi connectivity index (χ0v) is 13.4. The molecule has 1 heterocycles. The van der Waals surface area contributed by atoms with Crippen LogP contribution in [0.2, 0.25) is 0 Å². The summed E-state index contributed by atoms with van der Waals surface area (Å²) in [7, 11) is 0. The summed E-state index contributed by atoms with van der Waals surface area (Å²) < 4.78 is 1.78. The Morgan fingerprint density at radius 2 is 2.17 bits per heavy atom. The van der Waals surface area contributed by atoms with Crippen molar-refractivity contribution in [1.82, 2.24) is 4.90 Å². The third-order valence-corrected chi connectivity index (χ3v) is 4.57. The van der Waals surface area contributed by atoms with E-state index in [-0.39, 0.29) is 11.9 Å². The first-order valence-corrected chi connectivity index (χ1v) is 7.57. The fraction of sp³-hybridized carbons (Fsp3) is 0.462. The molecule has 98 valence electrons. The van der Waals surface area contributed by atoms with E-state index in [9.17, 15) is 4.79 Å². The Morgan fingerprint density at radius 3 is 2.78 bits per heavy atom. The van der Waals surface area contributed by atoms with Crippen LogP contribution in [0.5, 0.6) is 0 Å². The number of rotatable bonds is 1. The van der Waals surface area contributed by atoms with Crippen LogP contribution in [0.15, 0.2) is 27.1 Å². The maximum atomic E-state index is 12.4. The van der Waals surface area contributed by atoms with Gasteiger partial charge in [0.15, 0.2) is 0 Å². The molecule has 1 aliphatic rings. The lowest BCUT2D eigenvalue weighted by molar-refractivity contribution is 0.0663. The highest BCUT2D eigenvalue weighted by molar-refractivity contribution is 9.11. The highest BCUT2D eigenvalue weighted by Gasteiger charge is 2.27. The maximum absolute atomic E-state index is 12.4. The number of carbonyl (C=O) groups excluding carboxylic acids is 1. The van der Waals surface area contributed by atoms with Gasteiger partial charge in [-0.15, -0.1) is 0 Å². The first-order chi connectivity index (χ1) is 8.49. The molecule has 5 heteroatoms. The third kappa shape index (κ3) is 2.95. The van der Waals surface area contributed by atoms with Crippen LogP contribution in [0.4, 0.5) is 0 Å². The van der Waals surface area contributed by atoms with Crippen molar-refractivity contribution >= 4 is 37.8 Å². The lowest BCUT2D eigenvalue weighted by Gasteiger charge is -2.35. The Bertz CT molecular complexity index is 464. The monoisotopic (exact) mass is 374 g/mol. The van der Waals surface area contributed by atoms with Crippen LogP contribution >= 0.6 is 31.9 Å². The van der Waals surface area contributed by atoms with Gasteiger partial charge in [-0.3, -0.25) is 4.79 Å². The second kappa shape index (κ2) is 5.72. The van der Waals surface area contributed by atoms with Gasteiger partial charge in [0.2, 0.25) is 0 Å². The summed E-state index contributed by atoms with van der Waals surface area (Å²) in [6, 6.07) is 5.83. The van der Waals surface area contributed by atoms with Gasteiger partial charge in [-0.05, 0) is 46.5 Å². The molecule has 0 saturated carbocycles. The van der Waals surface area contributed by atoms with E-state index in [0.29, 0.717) is 11.5 Å². The summed E-state index contributed by atoms with van der Waals surface area (Å²) in [6.45, 7) is 3.58. The molecule has 0 aliphatic carbocycles. The molecule has 2 N–H and O–H groups in total. The molecule has 1 aromatic rings. The highest BCUT2D eigenvalue weighted by Crippen LogP contribution is 2.25. The van der Waals surface area contributed by atoms with Crippen molar-refractivity contribution < 1.29 is 4.79 Å². The first kappa shape index (κ1) is 14.0. The second-order valence-electron chi connectivity index (χ2n) is 4.81. The standard InChI is InChI=1S/C13H16Br2N2O/c1-8-7-17(5-4-12(8)16)13(18)10-3-2-9(14)6-11(10)15/h2-3,6,8,12H,4-5,7,16H2,1H3. The lowest BCUT2D eigenvalue weighted by atomic mass is 9.94. The number of halogens is 2. The molecule has 2 atom stereocenters. The van der Waals surface area contributed by atoms with E-state index in [1.54, 1.807) is 0 Å². The topological polar surface area (TPSA) is 46.3 Å². The minimum atomic E-state index is 0.0770. The number of carbonyl (C=O) groups is 1. The van der Waals surface area contributed by atoms with Crippen LogP contribution in [-0.2, 0) is 0 Å². The number of nitrogens with zero attached hydrogens (tertiary/aromatic N) is 1. The molecule has 2 rings (SSSR count). The van der Waals surface area contributed by atoms with Gasteiger partial charge < -0.3 is 10.6 Å². The minimum absolute atomic E-state index is 0.0770. The van der Waals surface area contributed by atoms with E-state index >= 15 is 0 Å². The molecule has 0 aromatic heterocycles. The number of likely N-dealkylation sites (tertiary alicyclic amines) is 1. The average Bonchev–Trinajstić information content (AvgIpc) is 2.32. The van der Waals surface area contributed by atoms with Gasteiger partial charge in [0.25, 0.3) is 5.91 Å². The summed E-state index contributed by atoms with van der Waals surface area (Å²) >= 11 is 6.83. The van der Waals surface area contributed by atoms with E-state index in [1.165, 1.54) is 0 Å². The summed E-state index contributed by atoms with van der Waals surface area (Å²) in [4.78, 5) is 14.3. The smallest absolute Gasteiger partial charge is 0.255 e. The van der Waals surface area contributed by atoms with Crippen LogP contribution in [-0.4, -0.2) is 29.9 Å². The quantitative estimate of drug-likeness (QED) is 0.819. The SMILES string of the molecule is CC1CN(C(=O)c2ccc(Br)cc2Br)CCC1N. The summed E-state index contributed by atoms with van der Waals surface area (Å²) in [5.41, 5.74) is 6.68. The van der Waals surface area contributed by atoms with Gasteiger partial charge in [0.05, 0.1) is 5.56 Å². The van der Waals surface area contributed by atoms with Gasteiger partial charge in [0.1, 0.15) is 0 Å². The van der Waals surface area contributed by atoms with Crippen molar-refractivity contribution in [3.05, 3.63) is 32.7 Å². The number of benzene rings is 1. The van der Waals surface area contributed by atoms with E-state index < -0.39 is 0 Å². The Hall–Kier alpha value is -0.390. The molecule has 1 aromatic carbocycles. The molecule has 1 amide bonds. The Morgan fingerprint density at radius 1 is 1.44 bits per heavy atom. The molecular formula is C13H16Br2N2O. The molecule has 1 aliphatic heterocycles. The number of hydrogen-bond donors (Lipinski definition) is 1. The van der Waals surface area contributed by atoms with Crippen molar-refractivity contribution in [1.29, 1.82) is 0 Å². The van der Waals surface area contributed by atoms with Gasteiger partial charge in [-0.25, -0.2) is 0 Å². The maximum Gasteiger partial charge on any atom is 0.255 e. The Kier molecular flexibility index (Phi) is 4.45. The van der Waals surface area contributed by atoms with Crippen LogP contribution in [0.25, 0.3) is 0 Å². The molecule has 2 unspecified atom stereocenters. The molecule has 3 nitrogen and oxygen atoms in total. The molecule has 18 heavy (non-hydrogen) atoms. The van der Waals surface area contributed by atoms with E-state index in [1.807, 2.05) is 23.1 Å². The second-order valence-corrected chi connectivity index (χ2v) is 6.58. The molecule has 0 bridgehead atoms. The largest absolute Gasteiger partial charge is 0.338 e. The Labute approximate surface area is 124 Å².